The van der Waals surface area contributed by atoms with Gasteiger partial charge in [0.1, 0.15) is 0 Å². The predicted molar refractivity (Wildman–Crippen MR) is 64.3 cm³/mol. The van der Waals surface area contributed by atoms with Crippen LogP contribution in [0.15, 0.2) is 0 Å². The lowest BCUT2D eigenvalue weighted by atomic mass is 9.78. The molecule has 2 fully saturated rings. The summed E-state index contributed by atoms with van der Waals surface area (Å²) < 4.78 is 104. The Labute approximate surface area is 125 Å². The summed E-state index contributed by atoms with van der Waals surface area (Å²) in [5, 5.41) is 0. The van der Waals surface area contributed by atoms with Gasteiger partial charge in [0.15, 0.2) is 0 Å². The number of hydrogen-bond donors (Lipinski definition) is 0. The highest BCUT2D eigenvalue weighted by Crippen LogP contribution is 2.44. The lowest BCUT2D eigenvalue weighted by Gasteiger charge is -2.42. The van der Waals surface area contributed by atoms with Crippen LogP contribution in [0, 0.1) is 11.8 Å². The Bertz CT molecular complexity index is 503. The van der Waals surface area contributed by atoms with Crippen LogP contribution in [0.3, 0.4) is 0 Å². The second-order valence-electron chi connectivity index (χ2n) is 5.20. The smallest absolute Gasteiger partial charge is 0.286 e. The van der Waals surface area contributed by atoms with E-state index in [4.69, 9.17) is 0 Å². The van der Waals surface area contributed by atoms with Gasteiger partial charge in [0.25, 0.3) is 0 Å². The first kappa shape index (κ1) is 18.1. The van der Waals surface area contributed by atoms with E-state index in [0.717, 1.165) is 0 Å². The van der Waals surface area contributed by atoms with Gasteiger partial charge in [-0.25, -0.2) is 8.42 Å². The Morgan fingerprint density at radius 2 is 1.32 bits per heavy atom. The van der Waals surface area contributed by atoms with Gasteiger partial charge in [0.05, 0.1) is 18.0 Å². The summed E-state index contributed by atoms with van der Waals surface area (Å²) in [7, 11) is -2.84. The van der Waals surface area contributed by atoms with E-state index in [2.05, 4.69) is 9.47 Å². The summed E-state index contributed by atoms with van der Waals surface area (Å²) in [6, 6.07) is 0. The van der Waals surface area contributed by atoms with Gasteiger partial charge in [-0.15, -0.1) is 26.3 Å². The zero-order valence-corrected chi connectivity index (χ0v) is 12.5. The molecule has 0 N–H and O–H groups in total. The van der Waals surface area contributed by atoms with Crippen LogP contribution in [-0.4, -0.2) is 44.9 Å². The summed E-state index contributed by atoms with van der Waals surface area (Å²) in [5.74, 6) is -1.43. The summed E-state index contributed by atoms with van der Waals surface area (Å²) >= 11 is 0. The molecule has 2 aliphatic rings. The Balaban J connectivity index is 2.15. The van der Waals surface area contributed by atoms with Crippen LogP contribution >= 0.6 is 10.8 Å². The fourth-order valence-corrected chi connectivity index (χ4v) is 6.56. The molecule has 130 valence electrons. The van der Waals surface area contributed by atoms with Crippen LogP contribution in [0.5, 0.6) is 0 Å². The molecule has 0 aromatic rings. The van der Waals surface area contributed by atoms with E-state index in [9.17, 15) is 34.8 Å². The molecule has 0 aromatic heterocycles. The minimum absolute atomic E-state index is 0.0451. The van der Waals surface area contributed by atoms with Crippen LogP contribution in [0.1, 0.15) is 12.8 Å². The maximum absolute atomic E-state index is 12.3. The molecule has 0 bridgehead atoms. The van der Waals surface area contributed by atoms with Crippen molar-refractivity contribution in [1.82, 2.24) is 0 Å². The van der Waals surface area contributed by atoms with Crippen molar-refractivity contribution in [3.8, 4) is 0 Å². The number of fused-ring (bicyclic) bond motifs is 1. The van der Waals surface area contributed by atoms with E-state index in [1.54, 1.807) is 0 Å². The van der Waals surface area contributed by atoms with Crippen LogP contribution < -0.4 is 0 Å². The third-order valence-corrected chi connectivity index (χ3v) is 7.25. The topological polar surface area (TPSA) is 52.6 Å². The minimum Gasteiger partial charge on any atom is -0.286 e. The summed E-state index contributed by atoms with van der Waals surface area (Å²) in [6.07, 6.45) is -14.6. The van der Waals surface area contributed by atoms with E-state index >= 15 is 0 Å². The molecule has 0 aromatic carbocycles. The molecule has 1 aliphatic heterocycles. The first-order valence-electron chi connectivity index (χ1n) is 6.21. The van der Waals surface area contributed by atoms with Gasteiger partial charge in [0.2, 0.25) is 8.87 Å². The van der Waals surface area contributed by atoms with Crippen molar-refractivity contribution >= 4 is 19.7 Å². The Morgan fingerprint density at radius 1 is 0.864 bits per heavy atom. The molecule has 2 rings (SSSR count). The van der Waals surface area contributed by atoms with Crippen molar-refractivity contribution in [2.75, 3.05) is 11.5 Å². The molecule has 0 radical (unpaired) electrons. The maximum Gasteiger partial charge on any atom is 0.522 e. The third kappa shape index (κ3) is 5.17. The Morgan fingerprint density at radius 3 is 1.77 bits per heavy atom. The normalized spacial score (nSPS) is 35.9. The van der Waals surface area contributed by atoms with Crippen LogP contribution in [0.25, 0.3) is 0 Å². The summed E-state index contributed by atoms with van der Waals surface area (Å²) in [6.45, 7) is 0. The zero-order chi connectivity index (χ0) is 16.8. The van der Waals surface area contributed by atoms with Gasteiger partial charge >= 0.3 is 12.7 Å². The lowest BCUT2D eigenvalue weighted by molar-refractivity contribution is -0.394. The Hall–Kier alpha value is -0.200. The van der Waals surface area contributed by atoms with Crippen molar-refractivity contribution < 1.29 is 44.2 Å². The first-order valence-corrected chi connectivity index (χ1v) is 9.36. The van der Waals surface area contributed by atoms with E-state index in [0.29, 0.717) is 10.8 Å². The molecular formula is C10H12F6O4S2. The third-order valence-electron chi connectivity index (χ3n) is 3.60. The molecule has 4 atom stereocenters. The van der Waals surface area contributed by atoms with E-state index in [1.165, 1.54) is 0 Å². The summed E-state index contributed by atoms with van der Waals surface area (Å²) in [4.78, 5) is 0. The van der Waals surface area contributed by atoms with E-state index < -0.39 is 52.1 Å². The minimum atomic E-state index is -5.12. The monoisotopic (exact) mass is 374 g/mol. The number of halogens is 6. The second-order valence-corrected chi connectivity index (χ2v) is 9.45. The van der Waals surface area contributed by atoms with Gasteiger partial charge in [0, 0.05) is 5.75 Å². The largest absolute Gasteiger partial charge is 0.522 e. The molecule has 1 saturated heterocycles. The fourth-order valence-electron chi connectivity index (χ4n) is 2.79. The number of alkyl halides is 6. The van der Waals surface area contributed by atoms with Gasteiger partial charge in [-0.05, 0) is 35.5 Å². The van der Waals surface area contributed by atoms with Crippen molar-refractivity contribution in [1.29, 1.82) is 0 Å². The van der Waals surface area contributed by atoms with Gasteiger partial charge in [-0.1, -0.05) is 0 Å². The highest BCUT2D eigenvalue weighted by atomic mass is 33.1. The molecular weight excluding hydrogens is 362 g/mol. The SMILES string of the molecule is O=S1(=O)CC2CC(OC(F)(F)F)C(OC(F)(F)F)CC2CS1. The number of hydrogen-bond acceptors (Lipinski definition) is 5. The maximum atomic E-state index is 12.3. The first-order chi connectivity index (χ1) is 9.85. The fraction of sp³-hybridized carbons (Fsp3) is 1.00. The second kappa shape index (κ2) is 6.02. The predicted octanol–water partition coefficient (Wildman–Crippen LogP) is 2.90. The average Bonchev–Trinajstić information content (AvgIpc) is 2.25. The van der Waals surface area contributed by atoms with Crippen molar-refractivity contribution in [2.45, 2.75) is 37.8 Å². The van der Waals surface area contributed by atoms with Crippen LogP contribution in [0.4, 0.5) is 26.3 Å². The van der Waals surface area contributed by atoms with Crippen LogP contribution in [-0.2, 0) is 18.3 Å². The van der Waals surface area contributed by atoms with Crippen molar-refractivity contribution in [2.24, 2.45) is 11.8 Å². The van der Waals surface area contributed by atoms with Gasteiger partial charge in [-0.2, -0.15) is 0 Å². The molecule has 1 heterocycles. The van der Waals surface area contributed by atoms with Crippen LogP contribution in [0.2, 0.25) is 0 Å². The molecule has 1 aliphatic carbocycles. The van der Waals surface area contributed by atoms with E-state index in [1.807, 2.05) is 0 Å². The average molecular weight is 374 g/mol. The quantitative estimate of drug-likeness (QED) is 0.550. The molecule has 22 heavy (non-hydrogen) atoms. The number of rotatable bonds is 2. The highest BCUT2D eigenvalue weighted by Gasteiger charge is 2.50. The van der Waals surface area contributed by atoms with Crippen molar-refractivity contribution in [3.63, 3.8) is 0 Å². The lowest BCUT2D eigenvalue weighted by Crippen LogP contribution is -2.49. The number of ether oxygens (including phenoxy) is 2. The molecule has 4 nitrogen and oxygen atoms in total. The van der Waals surface area contributed by atoms with E-state index in [-0.39, 0.29) is 17.9 Å². The van der Waals surface area contributed by atoms with Crippen molar-refractivity contribution in [3.05, 3.63) is 0 Å². The van der Waals surface area contributed by atoms with Gasteiger partial charge in [-0.3, -0.25) is 9.47 Å². The highest BCUT2D eigenvalue weighted by molar-refractivity contribution is 8.72. The molecule has 1 saturated carbocycles. The summed E-state index contributed by atoms with van der Waals surface area (Å²) in [5.41, 5.74) is 0. The Kier molecular flexibility index (Phi) is 4.97. The van der Waals surface area contributed by atoms with Gasteiger partial charge < -0.3 is 0 Å². The molecule has 0 amide bonds. The standard InChI is InChI=1S/C10H12F6O4S2/c11-9(12,13)19-7-1-5-3-21-22(17,18)4-6(5)2-8(7)20-10(14,15)16/h5-8H,1-4H2. The molecule has 0 spiro atoms. The molecule has 12 heteroatoms. The molecule has 4 unspecified atom stereocenters. The zero-order valence-electron chi connectivity index (χ0n) is 10.9.